The van der Waals surface area contributed by atoms with E-state index in [-0.39, 0.29) is 17.6 Å². The predicted octanol–water partition coefficient (Wildman–Crippen LogP) is 0.882. The first-order valence-electron chi connectivity index (χ1n) is 4.56. The van der Waals surface area contributed by atoms with Crippen molar-refractivity contribution in [1.82, 2.24) is 5.32 Å². The topological polar surface area (TPSA) is 46.2 Å². The maximum atomic E-state index is 11.3. The maximum absolute atomic E-state index is 11.3. The van der Waals surface area contributed by atoms with Gasteiger partial charge in [-0.2, -0.15) is 0 Å². The van der Waals surface area contributed by atoms with E-state index in [2.05, 4.69) is 5.32 Å². The van der Waals surface area contributed by atoms with E-state index in [4.69, 9.17) is 0 Å². The van der Waals surface area contributed by atoms with Crippen LogP contribution in [0.15, 0.2) is 0 Å². The van der Waals surface area contributed by atoms with Crippen molar-refractivity contribution in [1.29, 1.82) is 0 Å². The second-order valence-electron chi connectivity index (χ2n) is 3.16. The minimum atomic E-state index is -0.363. The SMILES string of the molecule is CCC(=O)C1CCCCNC1=O. The van der Waals surface area contributed by atoms with Crippen LogP contribution in [0.5, 0.6) is 0 Å². The Bertz CT molecular complexity index is 189. The van der Waals surface area contributed by atoms with Crippen LogP contribution in [0.3, 0.4) is 0 Å². The fraction of sp³-hybridized carbons (Fsp3) is 0.778. The molecule has 1 atom stereocenters. The lowest BCUT2D eigenvalue weighted by Gasteiger charge is -2.09. The van der Waals surface area contributed by atoms with Crippen molar-refractivity contribution < 1.29 is 9.59 Å². The van der Waals surface area contributed by atoms with Gasteiger partial charge in [-0.05, 0) is 12.8 Å². The Morgan fingerprint density at radius 2 is 2.33 bits per heavy atom. The molecule has 1 heterocycles. The van der Waals surface area contributed by atoms with Gasteiger partial charge in [-0.25, -0.2) is 0 Å². The van der Waals surface area contributed by atoms with Gasteiger partial charge < -0.3 is 5.32 Å². The van der Waals surface area contributed by atoms with Crippen LogP contribution >= 0.6 is 0 Å². The van der Waals surface area contributed by atoms with Gasteiger partial charge in [0.1, 0.15) is 5.78 Å². The lowest BCUT2D eigenvalue weighted by molar-refractivity contribution is -0.133. The highest BCUT2D eigenvalue weighted by molar-refractivity contribution is 6.01. The third-order valence-corrected chi connectivity index (χ3v) is 2.27. The summed E-state index contributed by atoms with van der Waals surface area (Å²) in [5, 5.41) is 2.75. The third kappa shape index (κ3) is 2.06. The molecule has 0 aromatic rings. The van der Waals surface area contributed by atoms with Crippen molar-refractivity contribution in [2.24, 2.45) is 5.92 Å². The van der Waals surface area contributed by atoms with Crippen molar-refractivity contribution in [2.75, 3.05) is 6.54 Å². The Morgan fingerprint density at radius 3 is 3.00 bits per heavy atom. The molecule has 3 heteroatoms. The number of ketones is 1. The van der Waals surface area contributed by atoms with Gasteiger partial charge in [0.15, 0.2) is 0 Å². The number of carbonyl (C=O) groups excluding carboxylic acids is 2. The first kappa shape index (κ1) is 9.23. The highest BCUT2D eigenvalue weighted by Gasteiger charge is 2.25. The molecule has 0 spiro atoms. The number of Topliss-reactive ketones (excluding diaryl/α,β-unsaturated/α-hetero) is 1. The van der Waals surface area contributed by atoms with Gasteiger partial charge in [0, 0.05) is 13.0 Å². The second kappa shape index (κ2) is 4.24. The molecule has 1 amide bonds. The summed E-state index contributed by atoms with van der Waals surface area (Å²) >= 11 is 0. The molecule has 0 aliphatic carbocycles. The van der Waals surface area contributed by atoms with Crippen LogP contribution in [-0.2, 0) is 9.59 Å². The van der Waals surface area contributed by atoms with Crippen LogP contribution in [0.25, 0.3) is 0 Å². The van der Waals surface area contributed by atoms with Crippen molar-refractivity contribution in [2.45, 2.75) is 32.6 Å². The zero-order valence-electron chi connectivity index (χ0n) is 7.43. The molecule has 1 saturated heterocycles. The predicted molar refractivity (Wildman–Crippen MR) is 45.6 cm³/mol. The number of amides is 1. The van der Waals surface area contributed by atoms with Crippen LogP contribution in [0.2, 0.25) is 0 Å². The molecule has 1 rings (SSSR count). The van der Waals surface area contributed by atoms with E-state index in [0.717, 1.165) is 25.8 Å². The van der Waals surface area contributed by atoms with Crippen LogP contribution in [0.4, 0.5) is 0 Å². The lowest BCUT2D eigenvalue weighted by Crippen LogP contribution is -2.33. The van der Waals surface area contributed by atoms with Gasteiger partial charge in [0.05, 0.1) is 5.92 Å². The Balaban J connectivity index is 2.59. The van der Waals surface area contributed by atoms with Crippen LogP contribution in [0, 0.1) is 5.92 Å². The molecule has 0 saturated carbocycles. The second-order valence-corrected chi connectivity index (χ2v) is 3.16. The quantitative estimate of drug-likeness (QED) is 0.624. The van der Waals surface area contributed by atoms with E-state index in [9.17, 15) is 9.59 Å². The number of rotatable bonds is 2. The smallest absolute Gasteiger partial charge is 0.230 e. The zero-order valence-corrected chi connectivity index (χ0v) is 7.43. The van der Waals surface area contributed by atoms with Crippen molar-refractivity contribution in [3.63, 3.8) is 0 Å². The summed E-state index contributed by atoms with van der Waals surface area (Å²) in [5.41, 5.74) is 0. The molecule has 1 aliphatic heterocycles. The Kier molecular flexibility index (Phi) is 3.26. The van der Waals surface area contributed by atoms with Crippen molar-refractivity contribution in [3.05, 3.63) is 0 Å². The molecule has 0 aromatic heterocycles. The van der Waals surface area contributed by atoms with E-state index in [1.807, 2.05) is 0 Å². The fourth-order valence-corrected chi connectivity index (χ4v) is 1.49. The van der Waals surface area contributed by atoms with Crippen LogP contribution in [-0.4, -0.2) is 18.2 Å². The van der Waals surface area contributed by atoms with Crippen molar-refractivity contribution >= 4 is 11.7 Å². The summed E-state index contributed by atoms with van der Waals surface area (Å²) in [6, 6.07) is 0. The van der Waals surface area contributed by atoms with Gasteiger partial charge in [0.2, 0.25) is 5.91 Å². The molecule has 68 valence electrons. The summed E-state index contributed by atoms with van der Waals surface area (Å²) in [6.07, 6.45) is 3.19. The molecule has 1 aliphatic rings. The van der Waals surface area contributed by atoms with E-state index in [0.29, 0.717) is 6.42 Å². The minimum absolute atomic E-state index is 0.0700. The highest BCUT2D eigenvalue weighted by atomic mass is 16.2. The molecule has 1 unspecified atom stereocenters. The van der Waals surface area contributed by atoms with Gasteiger partial charge in [-0.3, -0.25) is 9.59 Å². The molecule has 0 bridgehead atoms. The Morgan fingerprint density at radius 1 is 1.58 bits per heavy atom. The Hall–Kier alpha value is -0.860. The summed E-state index contributed by atoms with van der Waals surface area (Å²) in [4.78, 5) is 22.6. The summed E-state index contributed by atoms with van der Waals surface area (Å²) < 4.78 is 0. The largest absolute Gasteiger partial charge is 0.355 e. The lowest BCUT2D eigenvalue weighted by atomic mass is 9.96. The number of carbonyl (C=O) groups is 2. The van der Waals surface area contributed by atoms with Gasteiger partial charge >= 0.3 is 0 Å². The first-order valence-corrected chi connectivity index (χ1v) is 4.56. The van der Waals surface area contributed by atoms with Gasteiger partial charge in [-0.15, -0.1) is 0 Å². The maximum Gasteiger partial charge on any atom is 0.230 e. The first-order chi connectivity index (χ1) is 5.75. The van der Waals surface area contributed by atoms with Crippen LogP contribution in [0.1, 0.15) is 32.6 Å². The fourth-order valence-electron chi connectivity index (χ4n) is 1.49. The van der Waals surface area contributed by atoms with E-state index >= 15 is 0 Å². The summed E-state index contributed by atoms with van der Waals surface area (Å²) in [6.45, 7) is 2.53. The molecule has 0 aromatic carbocycles. The number of hydrogen-bond donors (Lipinski definition) is 1. The molecule has 1 N–H and O–H groups in total. The molecule has 12 heavy (non-hydrogen) atoms. The average Bonchev–Trinajstić information content (AvgIpc) is 2.28. The van der Waals surface area contributed by atoms with Crippen molar-refractivity contribution in [3.8, 4) is 0 Å². The van der Waals surface area contributed by atoms with E-state index in [1.165, 1.54) is 0 Å². The van der Waals surface area contributed by atoms with Gasteiger partial charge in [-0.1, -0.05) is 13.3 Å². The van der Waals surface area contributed by atoms with E-state index < -0.39 is 0 Å². The molecule has 1 fully saturated rings. The standard InChI is InChI=1S/C9H15NO2/c1-2-8(11)7-5-3-4-6-10-9(7)12/h7H,2-6H2,1H3,(H,10,12). The normalized spacial score (nSPS) is 24.4. The molecular weight excluding hydrogens is 154 g/mol. The minimum Gasteiger partial charge on any atom is -0.355 e. The average molecular weight is 169 g/mol. The molecular formula is C9H15NO2. The molecule has 3 nitrogen and oxygen atoms in total. The summed E-state index contributed by atoms with van der Waals surface area (Å²) in [7, 11) is 0. The number of hydrogen-bond acceptors (Lipinski definition) is 2. The van der Waals surface area contributed by atoms with Gasteiger partial charge in [0.25, 0.3) is 0 Å². The third-order valence-electron chi connectivity index (χ3n) is 2.27. The highest BCUT2D eigenvalue weighted by Crippen LogP contribution is 2.14. The monoisotopic (exact) mass is 169 g/mol. The van der Waals surface area contributed by atoms with E-state index in [1.54, 1.807) is 6.92 Å². The van der Waals surface area contributed by atoms with Crippen LogP contribution < -0.4 is 5.32 Å². The Labute approximate surface area is 72.5 Å². The molecule has 0 radical (unpaired) electrons. The zero-order chi connectivity index (χ0) is 8.97. The number of nitrogens with one attached hydrogen (secondary N) is 1. The summed E-state index contributed by atoms with van der Waals surface area (Å²) in [5.74, 6) is -0.355.